The van der Waals surface area contributed by atoms with E-state index in [1.54, 1.807) is 12.4 Å². The van der Waals surface area contributed by atoms with Crippen molar-refractivity contribution in [3.63, 3.8) is 0 Å². The molecule has 0 aliphatic carbocycles. The Bertz CT molecular complexity index is 422. The highest BCUT2D eigenvalue weighted by molar-refractivity contribution is 6.28. The maximum Gasteiger partial charge on any atom is 0.223 e. The van der Waals surface area contributed by atoms with E-state index in [4.69, 9.17) is 11.6 Å². The van der Waals surface area contributed by atoms with Crippen molar-refractivity contribution in [2.45, 2.75) is 6.92 Å². The van der Waals surface area contributed by atoms with Gasteiger partial charge in [0.1, 0.15) is 0 Å². The third-order valence-electron chi connectivity index (χ3n) is 1.80. The standard InChI is InChI=1S/C10H8ClN3/c1-7-6-9(14-10(11)13-7)8-2-4-12-5-3-8/h2-6H,1H3. The van der Waals surface area contributed by atoms with E-state index in [2.05, 4.69) is 15.0 Å². The van der Waals surface area contributed by atoms with Gasteiger partial charge in [0.2, 0.25) is 5.28 Å². The average Bonchev–Trinajstić information content (AvgIpc) is 2.18. The summed E-state index contributed by atoms with van der Waals surface area (Å²) in [6.45, 7) is 1.89. The molecule has 0 N–H and O–H groups in total. The van der Waals surface area contributed by atoms with Gasteiger partial charge < -0.3 is 0 Å². The quantitative estimate of drug-likeness (QED) is 0.672. The van der Waals surface area contributed by atoms with Gasteiger partial charge in [-0.05, 0) is 36.7 Å². The molecule has 0 unspecified atom stereocenters. The summed E-state index contributed by atoms with van der Waals surface area (Å²) in [5, 5.41) is 0.275. The Hall–Kier alpha value is -1.48. The summed E-state index contributed by atoms with van der Waals surface area (Å²) in [5.74, 6) is 0. The fourth-order valence-corrected chi connectivity index (χ4v) is 1.43. The molecule has 0 amide bonds. The first-order valence-electron chi connectivity index (χ1n) is 4.17. The monoisotopic (exact) mass is 205 g/mol. The van der Waals surface area contributed by atoms with Crippen LogP contribution in [0.1, 0.15) is 5.69 Å². The van der Waals surface area contributed by atoms with Crippen LogP contribution in [0.5, 0.6) is 0 Å². The molecule has 0 saturated carbocycles. The Labute approximate surface area is 86.8 Å². The topological polar surface area (TPSA) is 38.7 Å². The molecule has 0 aliphatic heterocycles. The zero-order valence-corrected chi connectivity index (χ0v) is 8.36. The van der Waals surface area contributed by atoms with Gasteiger partial charge in [-0.15, -0.1) is 0 Å². The van der Waals surface area contributed by atoms with Crippen molar-refractivity contribution in [1.29, 1.82) is 0 Å². The second-order valence-electron chi connectivity index (χ2n) is 2.90. The molecule has 0 atom stereocenters. The molecule has 0 fully saturated rings. The normalized spacial score (nSPS) is 10.1. The van der Waals surface area contributed by atoms with Crippen LogP contribution in [0.3, 0.4) is 0 Å². The number of aryl methyl sites for hydroxylation is 1. The number of pyridine rings is 1. The van der Waals surface area contributed by atoms with Crippen LogP contribution in [0.25, 0.3) is 11.3 Å². The van der Waals surface area contributed by atoms with Gasteiger partial charge in [0, 0.05) is 23.7 Å². The first-order valence-corrected chi connectivity index (χ1v) is 4.55. The molecular formula is C10H8ClN3. The smallest absolute Gasteiger partial charge is 0.223 e. The lowest BCUT2D eigenvalue weighted by Gasteiger charge is -2.01. The molecule has 0 saturated heterocycles. The molecule has 3 nitrogen and oxygen atoms in total. The zero-order chi connectivity index (χ0) is 9.97. The molecule has 0 bridgehead atoms. The summed E-state index contributed by atoms with van der Waals surface area (Å²) in [4.78, 5) is 12.1. The first-order chi connectivity index (χ1) is 6.75. The fourth-order valence-electron chi connectivity index (χ4n) is 1.20. The van der Waals surface area contributed by atoms with Crippen LogP contribution in [0.15, 0.2) is 30.6 Å². The van der Waals surface area contributed by atoms with E-state index in [1.165, 1.54) is 0 Å². The van der Waals surface area contributed by atoms with Gasteiger partial charge in [0.25, 0.3) is 0 Å². The van der Waals surface area contributed by atoms with Gasteiger partial charge >= 0.3 is 0 Å². The minimum Gasteiger partial charge on any atom is -0.265 e. The molecule has 14 heavy (non-hydrogen) atoms. The molecule has 4 heteroatoms. The van der Waals surface area contributed by atoms with Gasteiger partial charge in [0.15, 0.2) is 0 Å². The summed E-state index contributed by atoms with van der Waals surface area (Å²) in [6, 6.07) is 5.66. The molecule has 2 aromatic heterocycles. The van der Waals surface area contributed by atoms with Gasteiger partial charge in [-0.25, -0.2) is 9.97 Å². The summed E-state index contributed by atoms with van der Waals surface area (Å²) >= 11 is 5.76. The number of aromatic nitrogens is 3. The maximum atomic E-state index is 5.76. The van der Waals surface area contributed by atoms with Crippen LogP contribution < -0.4 is 0 Å². The second-order valence-corrected chi connectivity index (χ2v) is 3.24. The number of hydrogen-bond acceptors (Lipinski definition) is 3. The van der Waals surface area contributed by atoms with Crippen molar-refractivity contribution < 1.29 is 0 Å². The van der Waals surface area contributed by atoms with E-state index >= 15 is 0 Å². The summed E-state index contributed by atoms with van der Waals surface area (Å²) in [6.07, 6.45) is 3.45. The Morgan fingerprint density at radius 3 is 2.50 bits per heavy atom. The van der Waals surface area contributed by atoms with E-state index in [-0.39, 0.29) is 5.28 Å². The highest BCUT2D eigenvalue weighted by Gasteiger charge is 2.01. The number of rotatable bonds is 1. The van der Waals surface area contributed by atoms with Crippen molar-refractivity contribution in [3.05, 3.63) is 41.6 Å². The molecule has 2 rings (SSSR count). The van der Waals surface area contributed by atoms with Crippen LogP contribution in [0.4, 0.5) is 0 Å². The third kappa shape index (κ3) is 1.88. The molecule has 0 radical (unpaired) electrons. The van der Waals surface area contributed by atoms with Gasteiger partial charge in [-0.3, -0.25) is 4.98 Å². The molecule has 0 spiro atoms. The summed E-state index contributed by atoms with van der Waals surface area (Å²) < 4.78 is 0. The average molecular weight is 206 g/mol. The SMILES string of the molecule is Cc1cc(-c2ccncc2)nc(Cl)n1. The first kappa shape index (κ1) is 9.09. The largest absolute Gasteiger partial charge is 0.265 e. The lowest BCUT2D eigenvalue weighted by atomic mass is 10.2. The predicted octanol–water partition coefficient (Wildman–Crippen LogP) is 2.50. The molecule has 0 aromatic carbocycles. The molecule has 0 aliphatic rings. The Balaban J connectivity index is 2.52. The van der Waals surface area contributed by atoms with Crippen LogP contribution in [-0.2, 0) is 0 Å². The van der Waals surface area contributed by atoms with E-state index in [0.29, 0.717) is 0 Å². The summed E-state index contributed by atoms with van der Waals surface area (Å²) in [5.41, 5.74) is 2.68. The maximum absolute atomic E-state index is 5.76. The van der Waals surface area contributed by atoms with Crippen molar-refractivity contribution in [1.82, 2.24) is 15.0 Å². The molecule has 2 aromatic rings. The zero-order valence-electron chi connectivity index (χ0n) is 7.61. The number of nitrogens with zero attached hydrogens (tertiary/aromatic N) is 3. The highest BCUT2D eigenvalue weighted by Crippen LogP contribution is 2.17. The number of halogens is 1. The predicted molar refractivity (Wildman–Crippen MR) is 55.0 cm³/mol. The minimum atomic E-state index is 0.275. The lowest BCUT2D eigenvalue weighted by Crippen LogP contribution is -1.90. The van der Waals surface area contributed by atoms with Crippen LogP contribution in [-0.4, -0.2) is 15.0 Å². The Morgan fingerprint density at radius 2 is 1.86 bits per heavy atom. The Kier molecular flexibility index (Phi) is 2.41. The van der Waals surface area contributed by atoms with E-state index in [0.717, 1.165) is 17.0 Å². The number of hydrogen-bond donors (Lipinski definition) is 0. The van der Waals surface area contributed by atoms with E-state index in [1.807, 2.05) is 25.1 Å². The summed E-state index contributed by atoms with van der Waals surface area (Å²) in [7, 11) is 0. The minimum absolute atomic E-state index is 0.275. The van der Waals surface area contributed by atoms with Crippen molar-refractivity contribution in [2.75, 3.05) is 0 Å². The third-order valence-corrected chi connectivity index (χ3v) is 1.97. The lowest BCUT2D eigenvalue weighted by molar-refractivity contribution is 1.10. The highest BCUT2D eigenvalue weighted by atomic mass is 35.5. The molecular weight excluding hydrogens is 198 g/mol. The van der Waals surface area contributed by atoms with Gasteiger partial charge in [-0.2, -0.15) is 0 Å². The van der Waals surface area contributed by atoms with E-state index < -0.39 is 0 Å². The van der Waals surface area contributed by atoms with Crippen LogP contribution >= 0.6 is 11.6 Å². The van der Waals surface area contributed by atoms with Gasteiger partial charge in [0.05, 0.1) is 5.69 Å². The van der Waals surface area contributed by atoms with Gasteiger partial charge in [-0.1, -0.05) is 0 Å². The van der Waals surface area contributed by atoms with Crippen LogP contribution in [0.2, 0.25) is 5.28 Å². The second kappa shape index (κ2) is 3.72. The van der Waals surface area contributed by atoms with Crippen LogP contribution in [0, 0.1) is 6.92 Å². The molecule has 70 valence electrons. The molecule has 2 heterocycles. The van der Waals surface area contributed by atoms with E-state index in [9.17, 15) is 0 Å². The Morgan fingerprint density at radius 1 is 1.14 bits per heavy atom. The van der Waals surface area contributed by atoms with Crippen molar-refractivity contribution in [3.8, 4) is 11.3 Å². The van der Waals surface area contributed by atoms with Crippen molar-refractivity contribution in [2.24, 2.45) is 0 Å². The fraction of sp³-hybridized carbons (Fsp3) is 0.100. The van der Waals surface area contributed by atoms with Crippen molar-refractivity contribution >= 4 is 11.6 Å².